The number of hydrogen-bond acceptors (Lipinski definition) is 5. The average Bonchev–Trinajstić information content (AvgIpc) is 2.39. The summed E-state index contributed by atoms with van der Waals surface area (Å²) in [5.74, 6) is 1.40. The quantitative estimate of drug-likeness (QED) is 0.849. The van der Waals surface area contributed by atoms with E-state index in [4.69, 9.17) is 4.74 Å². The Morgan fingerprint density at radius 3 is 3.00 bits per heavy atom. The van der Waals surface area contributed by atoms with Crippen molar-refractivity contribution in [3.63, 3.8) is 0 Å². The molecule has 0 atom stereocenters. The summed E-state index contributed by atoms with van der Waals surface area (Å²) in [6.07, 6.45) is 3.25. The molecule has 2 rings (SSSR count). The first-order chi connectivity index (χ1) is 8.38. The van der Waals surface area contributed by atoms with Crippen LogP contribution in [0.4, 0.5) is 5.82 Å². The van der Waals surface area contributed by atoms with E-state index in [1.54, 1.807) is 6.20 Å². The molecule has 0 unspecified atom stereocenters. The molecule has 0 radical (unpaired) electrons. The standard InChI is InChI=1S/C12H14N4O/c1-2-17-12-5-3-4-11(16-12)14-8-10-6-7-13-9-15-10/h3-7,9H,2,8H2,1H3,(H,14,16). The smallest absolute Gasteiger partial charge is 0.215 e. The van der Waals surface area contributed by atoms with Crippen LogP contribution >= 0.6 is 0 Å². The Kier molecular flexibility index (Phi) is 3.85. The van der Waals surface area contributed by atoms with Crippen LogP contribution in [0.1, 0.15) is 12.6 Å². The summed E-state index contributed by atoms with van der Waals surface area (Å²) in [4.78, 5) is 12.3. The van der Waals surface area contributed by atoms with Crippen LogP contribution in [0.3, 0.4) is 0 Å². The maximum absolute atomic E-state index is 5.32. The van der Waals surface area contributed by atoms with Gasteiger partial charge in [0, 0.05) is 12.3 Å². The molecule has 2 aromatic rings. The zero-order chi connectivity index (χ0) is 11.9. The van der Waals surface area contributed by atoms with E-state index in [2.05, 4.69) is 20.3 Å². The van der Waals surface area contributed by atoms with Gasteiger partial charge < -0.3 is 10.1 Å². The van der Waals surface area contributed by atoms with Gasteiger partial charge in [0.2, 0.25) is 5.88 Å². The molecule has 0 saturated heterocycles. The van der Waals surface area contributed by atoms with E-state index in [9.17, 15) is 0 Å². The van der Waals surface area contributed by atoms with Crippen molar-refractivity contribution in [2.45, 2.75) is 13.5 Å². The fraction of sp³-hybridized carbons (Fsp3) is 0.250. The predicted octanol–water partition coefficient (Wildman–Crippen LogP) is 1.88. The topological polar surface area (TPSA) is 59.9 Å². The minimum absolute atomic E-state index is 0.613. The molecular formula is C12H14N4O. The van der Waals surface area contributed by atoms with Gasteiger partial charge in [-0.3, -0.25) is 0 Å². The molecule has 17 heavy (non-hydrogen) atoms. The maximum atomic E-state index is 5.32. The van der Waals surface area contributed by atoms with E-state index in [1.165, 1.54) is 6.33 Å². The zero-order valence-electron chi connectivity index (χ0n) is 9.63. The summed E-state index contributed by atoms with van der Waals surface area (Å²) in [5, 5.41) is 3.18. The Morgan fingerprint density at radius 1 is 1.29 bits per heavy atom. The van der Waals surface area contributed by atoms with Crippen LogP contribution in [0.5, 0.6) is 5.88 Å². The van der Waals surface area contributed by atoms with Gasteiger partial charge >= 0.3 is 0 Å². The molecule has 1 N–H and O–H groups in total. The summed E-state index contributed by atoms with van der Waals surface area (Å²) in [6.45, 7) is 3.16. The van der Waals surface area contributed by atoms with Crippen LogP contribution in [0.15, 0.2) is 36.8 Å². The number of nitrogens with one attached hydrogen (secondary N) is 1. The van der Waals surface area contributed by atoms with Gasteiger partial charge in [-0.25, -0.2) is 9.97 Å². The molecule has 88 valence electrons. The van der Waals surface area contributed by atoms with Crippen molar-refractivity contribution >= 4 is 5.82 Å². The second-order valence-corrected chi connectivity index (χ2v) is 3.35. The van der Waals surface area contributed by atoms with Crippen molar-refractivity contribution < 1.29 is 4.74 Å². The monoisotopic (exact) mass is 230 g/mol. The molecule has 0 saturated carbocycles. The number of hydrogen-bond donors (Lipinski definition) is 1. The van der Waals surface area contributed by atoms with E-state index >= 15 is 0 Å². The molecule has 0 aromatic carbocycles. The van der Waals surface area contributed by atoms with Crippen molar-refractivity contribution in [1.82, 2.24) is 15.0 Å². The van der Waals surface area contributed by atoms with Gasteiger partial charge in [0.15, 0.2) is 0 Å². The van der Waals surface area contributed by atoms with Crippen LogP contribution in [-0.2, 0) is 6.54 Å². The van der Waals surface area contributed by atoms with E-state index in [0.717, 1.165) is 11.5 Å². The van der Waals surface area contributed by atoms with Crippen molar-refractivity contribution in [3.05, 3.63) is 42.5 Å². The molecule has 5 heteroatoms. The lowest BCUT2D eigenvalue weighted by molar-refractivity contribution is 0.327. The fourth-order valence-electron chi connectivity index (χ4n) is 1.35. The molecule has 2 aromatic heterocycles. The lowest BCUT2D eigenvalue weighted by Gasteiger charge is -2.07. The highest BCUT2D eigenvalue weighted by molar-refractivity contribution is 5.37. The van der Waals surface area contributed by atoms with E-state index < -0.39 is 0 Å². The highest BCUT2D eigenvalue weighted by atomic mass is 16.5. The van der Waals surface area contributed by atoms with Crippen molar-refractivity contribution in [1.29, 1.82) is 0 Å². The molecule has 0 aliphatic rings. The fourth-order valence-corrected chi connectivity index (χ4v) is 1.35. The van der Waals surface area contributed by atoms with Crippen LogP contribution in [0.25, 0.3) is 0 Å². The molecule has 0 aliphatic carbocycles. The Balaban J connectivity index is 1.97. The summed E-state index contributed by atoms with van der Waals surface area (Å²) < 4.78 is 5.32. The SMILES string of the molecule is CCOc1cccc(NCc2ccncn2)n1. The first-order valence-corrected chi connectivity index (χ1v) is 5.47. The van der Waals surface area contributed by atoms with Gasteiger partial charge in [0.05, 0.1) is 18.8 Å². The van der Waals surface area contributed by atoms with Gasteiger partial charge in [-0.15, -0.1) is 0 Å². The van der Waals surface area contributed by atoms with E-state index in [1.807, 2.05) is 31.2 Å². The molecule has 0 aliphatic heterocycles. The van der Waals surface area contributed by atoms with E-state index in [-0.39, 0.29) is 0 Å². The summed E-state index contributed by atoms with van der Waals surface area (Å²) >= 11 is 0. The maximum Gasteiger partial charge on any atom is 0.215 e. The molecule has 0 spiro atoms. The van der Waals surface area contributed by atoms with Gasteiger partial charge in [-0.1, -0.05) is 6.07 Å². The first kappa shape index (κ1) is 11.3. The largest absolute Gasteiger partial charge is 0.478 e. The lowest BCUT2D eigenvalue weighted by Crippen LogP contribution is -2.04. The third-order valence-electron chi connectivity index (χ3n) is 2.11. The van der Waals surface area contributed by atoms with Crippen molar-refractivity contribution in [2.75, 3.05) is 11.9 Å². The Labute approximate surface area is 99.9 Å². The Morgan fingerprint density at radius 2 is 2.24 bits per heavy atom. The van der Waals surface area contributed by atoms with Gasteiger partial charge in [0.25, 0.3) is 0 Å². The number of aromatic nitrogens is 3. The summed E-state index contributed by atoms with van der Waals surface area (Å²) in [7, 11) is 0. The normalized spacial score (nSPS) is 9.94. The molecule has 0 fully saturated rings. The minimum atomic E-state index is 0.613. The number of ether oxygens (including phenoxy) is 1. The highest BCUT2D eigenvalue weighted by Crippen LogP contribution is 2.11. The van der Waals surface area contributed by atoms with Crippen LogP contribution in [0, 0.1) is 0 Å². The molecule has 2 heterocycles. The Bertz CT molecular complexity index is 461. The van der Waals surface area contributed by atoms with E-state index in [0.29, 0.717) is 19.0 Å². The Hall–Kier alpha value is -2.17. The second-order valence-electron chi connectivity index (χ2n) is 3.35. The first-order valence-electron chi connectivity index (χ1n) is 5.47. The number of nitrogens with zero attached hydrogens (tertiary/aromatic N) is 3. The van der Waals surface area contributed by atoms with Crippen LogP contribution in [-0.4, -0.2) is 21.6 Å². The minimum Gasteiger partial charge on any atom is -0.478 e. The second kappa shape index (κ2) is 5.79. The third kappa shape index (κ3) is 3.41. The predicted molar refractivity (Wildman–Crippen MR) is 64.8 cm³/mol. The number of pyridine rings is 1. The lowest BCUT2D eigenvalue weighted by atomic mass is 10.4. The van der Waals surface area contributed by atoms with Gasteiger partial charge in [-0.05, 0) is 19.1 Å². The average molecular weight is 230 g/mol. The number of anilines is 1. The molecule has 0 bridgehead atoms. The van der Waals surface area contributed by atoms with Crippen molar-refractivity contribution in [3.8, 4) is 5.88 Å². The van der Waals surface area contributed by atoms with Gasteiger partial charge in [-0.2, -0.15) is 4.98 Å². The van der Waals surface area contributed by atoms with Crippen molar-refractivity contribution in [2.24, 2.45) is 0 Å². The molecular weight excluding hydrogens is 216 g/mol. The molecule has 5 nitrogen and oxygen atoms in total. The number of rotatable bonds is 5. The highest BCUT2D eigenvalue weighted by Gasteiger charge is 1.98. The van der Waals surface area contributed by atoms with Crippen LogP contribution in [0.2, 0.25) is 0 Å². The molecule has 0 amide bonds. The summed E-state index contributed by atoms with van der Waals surface area (Å²) in [6, 6.07) is 7.49. The zero-order valence-corrected chi connectivity index (χ0v) is 9.63. The summed E-state index contributed by atoms with van der Waals surface area (Å²) in [5.41, 5.74) is 0.920. The third-order valence-corrected chi connectivity index (χ3v) is 2.11. The van der Waals surface area contributed by atoms with Gasteiger partial charge in [0.1, 0.15) is 12.1 Å². The van der Waals surface area contributed by atoms with Crippen LogP contribution < -0.4 is 10.1 Å².